The molecule has 0 saturated heterocycles. The van der Waals surface area contributed by atoms with Gasteiger partial charge in [-0.25, -0.2) is 4.79 Å². The third-order valence-electron chi connectivity index (χ3n) is 1.91. The number of rotatable bonds is 4. The molecule has 4 nitrogen and oxygen atoms in total. The third-order valence-corrected chi connectivity index (χ3v) is 1.91. The van der Waals surface area contributed by atoms with Crippen LogP contribution >= 0.6 is 0 Å². The van der Waals surface area contributed by atoms with Crippen LogP contribution in [0.15, 0.2) is 30.3 Å². The highest BCUT2D eigenvalue weighted by molar-refractivity contribution is 5.76. The number of carbonyl (C=O) groups excluding carboxylic acids is 1. The van der Waals surface area contributed by atoms with E-state index >= 15 is 0 Å². The van der Waals surface area contributed by atoms with Gasteiger partial charge < -0.3 is 14.9 Å². The molecule has 1 rings (SSSR count). The molecule has 0 radical (unpaired) electrons. The third kappa shape index (κ3) is 3.34. The Labute approximate surface area is 88.1 Å². The van der Waals surface area contributed by atoms with Crippen LogP contribution in [0.25, 0.3) is 0 Å². The zero-order valence-corrected chi connectivity index (χ0v) is 8.46. The summed E-state index contributed by atoms with van der Waals surface area (Å²) >= 11 is 0. The van der Waals surface area contributed by atoms with Crippen LogP contribution in [0.3, 0.4) is 0 Å². The molecule has 0 heterocycles. The Balaban J connectivity index is 2.61. The van der Waals surface area contributed by atoms with Crippen molar-refractivity contribution in [3.8, 4) is 0 Å². The Bertz CT molecular complexity index is 310. The Hall–Kier alpha value is -1.39. The normalized spacial score (nSPS) is 14.3. The molecule has 15 heavy (non-hydrogen) atoms. The van der Waals surface area contributed by atoms with Gasteiger partial charge in [0.05, 0.1) is 6.61 Å². The number of esters is 1. The molecule has 4 heteroatoms. The van der Waals surface area contributed by atoms with Crippen molar-refractivity contribution in [2.24, 2.45) is 0 Å². The first-order valence-electron chi connectivity index (χ1n) is 4.69. The van der Waals surface area contributed by atoms with Crippen molar-refractivity contribution in [1.29, 1.82) is 0 Å². The van der Waals surface area contributed by atoms with Gasteiger partial charge in [0.2, 0.25) is 0 Å². The lowest BCUT2D eigenvalue weighted by molar-refractivity contribution is -0.160. The van der Waals surface area contributed by atoms with Crippen LogP contribution in [0.5, 0.6) is 0 Å². The average Bonchev–Trinajstić information content (AvgIpc) is 2.29. The van der Waals surface area contributed by atoms with Crippen molar-refractivity contribution in [1.82, 2.24) is 0 Å². The van der Waals surface area contributed by atoms with Crippen molar-refractivity contribution in [2.75, 3.05) is 6.61 Å². The van der Waals surface area contributed by atoms with E-state index in [9.17, 15) is 9.90 Å². The molecule has 0 aromatic heterocycles. The van der Waals surface area contributed by atoms with Gasteiger partial charge in [-0.05, 0) is 12.5 Å². The quantitative estimate of drug-likeness (QED) is 0.716. The summed E-state index contributed by atoms with van der Waals surface area (Å²) < 4.78 is 4.78. The largest absolute Gasteiger partial charge is 0.458 e. The van der Waals surface area contributed by atoms with E-state index < -0.39 is 18.2 Å². The Morgan fingerprint density at radius 2 is 2.00 bits per heavy atom. The van der Waals surface area contributed by atoms with Crippen molar-refractivity contribution >= 4 is 5.97 Å². The summed E-state index contributed by atoms with van der Waals surface area (Å²) in [5.74, 6) is -0.747. The maximum Gasteiger partial charge on any atom is 0.339 e. The minimum Gasteiger partial charge on any atom is -0.458 e. The van der Waals surface area contributed by atoms with Crippen LogP contribution in [0.1, 0.15) is 18.6 Å². The van der Waals surface area contributed by atoms with E-state index in [2.05, 4.69) is 0 Å². The van der Waals surface area contributed by atoms with Crippen LogP contribution in [0.4, 0.5) is 0 Å². The highest BCUT2D eigenvalue weighted by Gasteiger charge is 2.20. The molecule has 0 aliphatic carbocycles. The standard InChI is InChI=1S/C11H14O4/c1-8(7-12)15-11(14)10(13)9-5-3-2-4-6-9/h2-6,8,10,12-13H,7H2,1H3. The molecular formula is C11H14O4. The fraction of sp³-hybridized carbons (Fsp3) is 0.364. The summed E-state index contributed by atoms with van der Waals surface area (Å²) in [5.41, 5.74) is 0.479. The zero-order valence-electron chi connectivity index (χ0n) is 8.46. The highest BCUT2D eigenvalue weighted by atomic mass is 16.6. The van der Waals surface area contributed by atoms with E-state index in [0.29, 0.717) is 5.56 Å². The van der Waals surface area contributed by atoms with Crippen LogP contribution < -0.4 is 0 Å². The molecule has 0 bridgehead atoms. The molecule has 0 aliphatic rings. The van der Waals surface area contributed by atoms with Gasteiger partial charge in [-0.2, -0.15) is 0 Å². The highest BCUT2D eigenvalue weighted by Crippen LogP contribution is 2.14. The Morgan fingerprint density at radius 1 is 1.40 bits per heavy atom. The zero-order chi connectivity index (χ0) is 11.3. The van der Waals surface area contributed by atoms with Crippen LogP contribution in [-0.2, 0) is 9.53 Å². The number of aliphatic hydroxyl groups is 2. The number of hydrogen-bond donors (Lipinski definition) is 2. The molecule has 1 aromatic carbocycles. The molecule has 0 fully saturated rings. The average molecular weight is 210 g/mol. The summed E-state index contributed by atoms with van der Waals surface area (Å²) in [5, 5.41) is 18.3. The smallest absolute Gasteiger partial charge is 0.339 e. The van der Waals surface area contributed by atoms with Gasteiger partial charge in [-0.1, -0.05) is 30.3 Å². The van der Waals surface area contributed by atoms with E-state index in [1.807, 2.05) is 0 Å². The summed E-state index contributed by atoms with van der Waals surface area (Å²) in [6.07, 6.45) is -1.89. The van der Waals surface area contributed by atoms with Gasteiger partial charge >= 0.3 is 5.97 Å². The van der Waals surface area contributed by atoms with Gasteiger partial charge in [-0.3, -0.25) is 0 Å². The van der Waals surface area contributed by atoms with E-state index in [4.69, 9.17) is 9.84 Å². The minimum absolute atomic E-state index is 0.257. The topological polar surface area (TPSA) is 66.8 Å². The maximum absolute atomic E-state index is 11.3. The molecule has 2 atom stereocenters. The lowest BCUT2D eigenvalue weighted by Crippen LogP contribution is -2.23. The van der Waals surface area contributed by atoms with Gasteiger partial charge in [0.25, 0.3) is 0 Å². The molecule has 2 N–H and O–H groups in total. The Morgan fingerprint density at radius 3 is 2.53 bits per heavy atom. The molecule has 0 saturated carbocycles. The first kappa shape index (κ1) is 11.7. The lowest BCUT2D eigenvalue weighted by Gasteiger charge is -2.14. The number of ether oxygens (including phenoxy) is 1. The number of aliphatic hydroxyl groups excluding tert-OH is 2. The fourth-order valence-electron chi connectivity index (χ4n) is 1.07. The monoisotopic (exact) mass is 210 g/mol. The van der Waals surface area contributed by atoms with Gasteiger partial charge in [-0.15, -0.1) is 0 Å². The predicted molar refractivity (Wildman–Crippen MR) is 54.0 cm³/mol. The van der Waals surface area contributed by atoms with Crippen LogP contribution in [-0.4, -0.2) is 28.9 Å². The second-order valence-electron chi connectivity index (χ2n) is 3.24. The first-order valence-corrected chi connectivity index (χ1v) is 4.69. The predicted octanol–water partition coefficient (Wildman–Crippen LogP) is 0.644. The lowest BCUT2D eigenvalue weighted by atomic mass is 10.1. The molecule has 0 amide bonds. The molecule has 82 valence electrons. The SMILES string of the molecule is CC(CO)OC(=O)C(O)c1ccccc1. The van der Waals surface area contributed by atoms with Crippen molar-refractivity contribution < 1.29 is 19.7 Å². The van der Waals surface area contributed by atoms with Crippen molar-refractivity contribution in [2.45, 2.75) is 19.1 Å². The van der Waals surface area contributed by atoms with Gasteiger partial charge in [0.1, 0.15) is 6.10 Å². The van der Waals surface area contributed by atoms with Gasteiger partial charge in [0.15, 0.2) is 6.10 Å². The van der Waals surface area contributed by atoms with E-state index in [1.165, 1.54) is 0 Å². The fourth-order valence-corrected chi connectivity index (χ4v) is 1.07. The second kappa shape index (κ2) is 5.48. The van der Waals surface area contributed by atoms with Gasteiger partial charge in [0, 0.05) is 0 Å². The molecule has 0 spiro atoms. The second-order valence-corrected chi connectivity index (χ2v) is 3.24. The van der Waals surface area contributed by atoms with Crippen molar-refractivity contribution in [3.63, 3.8) is 0 Å². The van der Waals surface area contributed by atoms with Crippen LogP contribution in [0, 0.1) is 0 Å². The number of benzene rings is 1. The molecule has 1 aromatic rings. The van der Waals surface area contributed by atoms with Crippen LogP contribution in [0.2, 0.25) is 0 Å². The summed E-state index contributed by atoms with van der Waals surface area (Å²) in [7, 11) is 0. The number of carbonyl (C=O) groups is 1. The van der Waals surface area contributed by atoms with E-state index in [-0.39, 0.29) is 6.61 Å². The first-order chi connectivity index (χ1) is 7.15. The Kier molecular flexibility index (Phi) is 4.27. The summed E-state index contributed by atoms with van der Waals surface area (Å²) in [4.78, 5) is 11.3. The van der Waals surface area contributed by atoms with E-state index in [1.54, 1.807) is 37.3 Å². The minimum atomic E-state index is -1.29. The molecule has 2 unspecified atom stereocenters. The summed E-state index contributed by atoms with van der Waals surface area (Å²) in [6.45, 7) is 1.29. The van der Waals surface area contributed by atoms with Crippen molar-refractivity contribution in [3.05, 3.63) is 35.9 Å². The number of hydrogen-bond acceptors (Lipinski definition) is 4. The maximum atomic E-state index is 11.3. The molecular weight excluding hydrogens is 196 g/mol. The summed E-state index contributed by atoms with van der Waals surface area (Å²) in [6, 6.07) is 8.51. The molecule has 0 aliphatic heterocycles. The van der Waals surface area contributed by atoms with E-state index in [0.717, 1.165) is 0 Å².